The van der Waals surface area contributed by atoms with Crippen molar-refractivity contribution in [1.29, 1.82) is 0 Å². The van der Waals surface area contributed by atoms with E-state index in [1.807, 2.05) is 0 Å². The molecule has 10 nitrogen and oxygen atoms in total. The van der Waals surface area contributed by atoms with E-state index in [0.717, 1.165) is 4.57 Å². The Labute approximate surface area is 202 Å². The van der Waals surface area contributed by atoms with Gasteiger partial charge in [0.05, 0.1) is 13.2 Å². The molecule has 2 aliphatic heterocycles. The summed E-state index contributed by atoms with van der Waals surface area (Å²) < 4.78 is 27.9. The summed E-state index contributed by atoms with van der Waals surface area (Å²) in [5.74, 6) is 0. The summed E-state index contributed by atoms with van der Waals surface area (Å²) in [6, 6.07) is 1.17. The molecule has 12 heteroatoms. The van der Waals surface area contributed by atoms with E-state index < -0.39 is 59.0 Å². The van der Waals surface area contributed by atoms with Crippen molar-refractivity contribution in [2.24, 2.45) is 0 Å². The maximum Gasteiger partial charge on any atom is 0.335 e. The van der Waals surface area contributed by atoms with Gasteiger partial charge in [0.15, 0.2) is 11.8 Å². The SMILES string of the molecule is CC(C)[Si]1(C(C)C)OCC2OC(n3ccc(=O)[nH]c3=O)C(O)(CO)C2O[Si](C(C)C)(C(C)C)O1. The number of nitrogens with one attached hydrogen (secondary N) is 1. The van der Waals surface area contributed by atoms with Crippen molar-refractivity contribution in [3.8, 4) is 0 Å². The van der Waals surface area contributed by atoms with Crippen molar-refractivity contribution in [3.63, 3.8) is 0 Å². The van der Waals surface area contributed by atoms with Crippen molar-refractivity contribution in [3.05, 3.63) is 33.1 Å². The highest BCUT2D eigenvalue weighted by atomic mass is 28.5. The minimum Gasteiger partial charge on any atom is -0.414 e. The second-order valence-corrected chi connectivity index (χ2v) is 19.6. The molecular formula is C22H40N2O8Si2. The van der Waals surface area contributed by atoms with Crippen LogP contribution in [0.1, 0.15) is 61.6 Å². The van der Waals surface area contributed by atoms with Crippen molar-refractivity contribution in [2.75, 3.05) is 13.2 Å². The predicted octanol–water partition coefficient (Wildman–Crippen LogP) is 2.11. The van der Waals surface area contributed by atoms with Crippen molar-refractivity contribution in [2.45, 2.75) is 102 Å². The Hall–Kier alpha value is -1.13. The van der Waals surface area contributed by atoms with Crippen molar-refractivity contribution >= 4 is 17.1 Å². The highest BCUT2D eigenvalue weighted by molar-refractivity contribution is 6.84. The van der Waals surface area contributed by atoms with E-state index in [1.54, 1.807) is 0 Å². The first-order chi connectivity index (χ1) is 15.7. The lowest BCUT2D eigenvalue weighted by molar-refractivity contribution is -0.134. The van der Waals surface area contributed by atoms with E-state index in [4.69, 9.17) is 17.7 Å². The Balaban J connectivity index is 2.18. The van der Waals surface area contributed by atoms with E-state index >= 15 is 0 Å². The Morgan fingerprint density at radius 1 is 1.06 bits per heavy atom. The molecule has 194 valence electrons. The molecule has 2 saturated heterocycles. The standard InChI is InChI=1S/C22H40N2O8Si2/c1-13(2)33(14(3)4)29-11-17-19(31-34(32-33,15(5)6)16(7)8)22(28,12-25)20(30-17)24-10-9-18(26)23-21(24)27/h9-10,13-17,19-20,25,28H,11-12H2,1-8H3,(H,23,26,27). The topological polar surface area (TPSA) is 132 Å². The van der Waals surface area contributed by atoms with Gasteiger partial charge in [0.2, 0.25) is 0 Å². The van der Waals surface area contributed by atoms with Gasteiger partial charge in [-0.3, -0.25) is 14.3 Å². The van der Waals surface area contributed by atoms with Crippen LogP contribution in [0.2, 0.25) is 22.2 Å². The molecule has 0 spiro atoms. The average molecular weight is 517 g/mol. The Morgan fingerprint density at radius 3 is 2.09 bits per heavy atom. The lowest BCUT2D eigenvalue weighted by atomic mass is 9.95. The number of rotatable bonds is 6. The van der Waals surface area contributed by atoms with Crippen LogP contribution in [0.4, 0.5) is 0 Å². The number of nitrogens with zero attached hydrogens (tertiary/aromatic N) is 1. The first-order valence-corrected chi connectivity index (χ1v) is 16.0. The molecule has 0 saturated carbocycles. The van der Waals surface area contributed by atoms with Crippen LogP contribution in [0.5, 0.6) is 0 Å². The number of fused-ring (bicyclic) bond motifs is 1. The first kappa shape index (κ1) is 27.5. The molecule has 2 aliphatic rings. The zero-order valence-electron chi connectivity index (χ0n) is 21.4. The van der Waals surface area contributed by atoms with Crippen LogP contribution in [0, 0.1) is 0 Å². The van der Waals surface area contributed by atoms with Crippen LogP contribution in [-0.4, -0.2) is 67.9 Å². The maximum atomic E-state index is 12.6. The van der Waals surface area contributed by atoms with E-state index in [1.165, 1.54) is 12.3 Å². The largest absolute Gasteiger partial charge is 0.414 e. The molecule has 0 aliphatic carbocycles. The van der Waals surface area contributed by atoms with Crippen LogP contribution >= 0.6 is 0 Å². The van der Waals surface area contributed by atoms with Crippen LogP contribution in [0.25, 0.3) is 0 Å². The fourth-order valence-electron chi connectivity index (χ4n) is 5.33. The Morgan fingerprint density at radius 2 is 1.62 bits per heavy atom. The third-order valence-electron chi connectivity index (χ3n) is 7.24. The zero-order valence-corrected chi connectivity index (χ0v) is 23.4. The molecule has 3 heterocycles. The monoisotopic (exact) mass is 516 g/mol. The van der Waals surface area contributed by atoms with E-state index in [0.29, 0.717) is 0 Å². The van der Waals surface area contributed by atoms with Gasteiger partial charge in [-0.15, -0.1) is 0 Å². The van der Waals surface area contributed by atoms with Gasteiger partial charge in [0.25, 0.3) is 5.56 Å². The highest BCUT2D eigenvalue weighted by Crippen LogP contribution is 2.50. The number of ether oxygens (including phenoxy) is 1. The number of H-pyrrole nitrogens is 1. The summed E-state index contributed by atoms with van der Waals surface area (Å²) in [5.41, 5.74) is -2.99. The van der Waals surface area contributed by atoms with Gasteiger partial charge in [0, 0.05) is 12.3 Å². The van der Waals surface area contributed by atoms with Gasteiger partial charge in [-0.05, 0) is 22.2 Å². The minimum absolute atomic E-state index is 0.0111. The summed E-state index contributed by atoms with van der Waals surface area (Å²) in [6.07, 6.45) is -1.78. The smallest absolute Gasteiger partial charge is 0.335 e. The van der Waals surface area contributed by atoms with Gasteiger partial charge < -0.3 is 27.9 Å². The van der Waals surface area contributed by atoms with Gasteiger partial charge in [0.1, 0.15) is 12.2 Å². The number of aliphatic hydroxyl groups excluding tert-OH is 1. The molecule has 1 aromatic rings. The molecule has 0 bridgehead atoms. The van der Waals surface area contributed by atoms with E-state index in [9.17, 15) is 19.8 Å². The zero-order chi connectivity index (χ0) is 25.6. The van der Waals surface area contributed by atoms with Crippen LogP contribution < -0.4 is 11.2 Å². The summed E-state index contributed by atoms with van der Waals surface area (Å²) in [5, 5.41) is 22.1. The van der Waals surface area contributed by atoms with Gasteiger partial charge in [-0.1, -0.05) is 55.4 Å². The number of hydrogen-bond donors (Lipinski definition) is 3. The molecule has 1 aromatic heterocycles. The minimum atomic E-state index is -3.08. The Kier molecular flexibility index (Phi) is 7.86. The first-order valence-electron chi connectivity index (χ1n) is 12.1. The Bertz CT molecular complexity index is 962. The second-order valence-electron chi connectivity index (χ2n) is 10.7. The summed E-state index contributed by atoms with van der Waals surface area (Å²) >= 11 is 0. The fourth-order valence-corrected chi connectivity index (χ4v) is 16.6. The fraction of sp³-hybridized carbons (Fsp3) is 0.818. The number of aromatic amines is 1. The summed E-state index contributed by atoms with van der Waals surface area (Å²) in [7, 11) is -5.90. The summed E-state index contributed by atoms with van der Waals surface area (Å²) in [4.78, 5) is 26.3. The number of hydrogen-bond acceptors (Lipinski definition) is 8. The van der Waals surface area contributed by atoms with Crippen LogP contribution in [0.15, 0.2) is 21.9 Å². The average Bonchev–Trinajstić information content (AvgIpc) is 2.98. The number of aliphatic hydroxyl groups is 2. The maximum absolute atomic E-state index is 12.6. The molecule has 2 fully saturated rings. The molecule has 4 unspecified atom stereocenters. The van der Waals surface area contributed by atoms with E-state index in [-0.39, 0.29) is 28.8 Å². The molecular weight excluding hydrogens is 476 g/mol. The van der Waals surface area contributed by atoms with Crippen LogP contribution in [-0.2, 0) is 17.7 Å². The third-order valence-corrected chi connectivity index (χ3v) is 17.5. The third kappa shape index (κ3) is 4.32. The number of aromatic nitrogens is 2. The molecule has 0 radical (unpaired) electrons. The highest BCUT2D eigenvalue weighted by Gasteiger charge is 2.65. The van der Waals surface area contributed by atoms with Crippen molar-refractivity contribution in [1.82, 2.24) is 9.55 Å². The van der Waals surface area contributed by atoms with Crippen LogP contribution in [0.3, 0.4) is 0 Å². The quantitative estimate of drug-likeness (QED) is 0.490. The van der Waals surface area contributed by atoms with E-state index in [2.05, 4.69) is 60.4 Å². The normalized spacial score (nSPS) is 31.2. The van der Waals surface area contributed by atoms with Gasteiger partial charge in [-0.25, -0.2) is 4.79 Å². The molecule has 3 N–H and O–H groups in total. The van der Waals surface area contributed by atoms with Crippen molar-refractivity contribution < 1.29 is 27.9 Å². The predicted molar refractivity (Wildman–Crippen MR) is 131 cm³/mol. The summed E-state index contributed by atoms with van der Waals surface area (Å²) in [6.45, 7) is 16.0. The van der Waals surface area contributed by atoms with Gasteiger partial charge in [-0.2, -0.15) is 0 Å². The molecule has 34 heavy (non-hydrogen) atoms. The lowest BCUT2D eigenvalue weighted by Crippen LogP contribution is -2.67. The molecule has 4 atom stereocenters. The second kappa shape index (κ2) is 9.73. The molecule has 0 amide bonds. The molecule has 0 aromatic carbocycles. The molecule has 3 rings (SSSR count). The van der Waals surface area contributed by atoms with Gasteiger partial charge >= 0.3 is 22.8 Å². The lowest BCUT2D eigenvalue weighted by Gasteiger charge is -2.52.